The summed E-state index contributed by atoms with van der Waals surface area (Å²) in [6.07, 6.45) is 2.45. The van der Waals surface area contributed by atoms with Gasteiger partial charge in [0.1, 0.15) is 5.82 Å². The Morgan fingerprint density at radius 2 is 1.78 bits per heavy atom. The van der Waals surface area contributed by atoms with Crippen LogP contribution in [-0.2, 0) is 6.54 Å². The van der Waals surface area contributed by atoms with Crippen LogP contribution < -0.4 is 10.2 Å². The Morgan fingerprint density at radius 3 is 2.48 bits per heavy atom. The molecule has 6 nitrogen and oxygen atoms in total. The van der Waals surface area contributed by atoms with Crippen molar-refractivity contribution >= 4 is 11.6 Å². The quantitative estimate of drug-likeness (QED) is 0.749. The summed E-state index contributed by atoms with van der Waals surface area (Å²) >= 11 is 0. The Hall–Kier alpha value is -3.22. The summed E-state index contributed by atoms with van der Waals surface area (Å²) in [6, 6.07) is 13.8. The Balaban J connectivity index is 1.40. The summed E-state index contributed by atoms with van der Waals surface area (Å²) in [5.74, 6) is -0.514. The first-order valence-electron chi connectivity index (χ1n) is 8.91. The Morgan fingerprint density at radius 1 is 1.07 bits per heavy atom. The van der Waals surface area contributed by atoms with Crippen molar-refractivity contribution in [2.24, 2.45) is 0 Å². The second-order valence-electron chi connectivity index (χ2n) is 6.47. The maximum Gasteiger partial charge on any atom is 0.316 e. The number of anilines is 1. The summed E-state index contributed by atoms with van der Waals surface area (Å²) in [5.41, 5.74) is 2.75. The third-order valence-electron chi connectivity index (χ3n) is 4.58. The van der Waals surface area contributed by atoms with Crippen molar-refractivity contribution in [2.75, 3.05) is 18.0 Å². The molecule has 1 saturated heterocycles. The molecule has 1 N–H and O–H groups in total. The van der Waals surface area contributed by atoms with E-state index in [-0.39, 0.29) is 18.3 Å². The van der Waals surface area contributed by atoms with Crippen molar-refractivity contribution in [3.8, 4) is 11.4 Å². The fourth-order valence-electron chi connectivity index (χ4n) is 3.09. The Bertz CT molecular complexity index is 916. The normalized spacial score (nSPS) is 13.7. The molecule has 7 heteroatoms. The highest BCUT2D eigenvalue weighted by Gasteiger charge is 2.17. The molecular formula is C20H19FN4O2. The maximum atomic E-state index is 12.9. The van der Waals surface area contributed by atoms with Crippen molar-refractivity contribution in [1.82, 2.24) is 15.5 Å². The van der Waals surface area contributed by atoms with Crippen molar-refractivity contribution in [3.63, 3.8) is 0 Å². The van der Waals surface area contributed by atoms with Crippen LogP contribution in [0.25, 0.3) is 11.4 Å². The third-order valence-corrected chi connectivity index (χ3v) is 4.58. The lowest BCUT2D eigenvalue weighted by Crippen LogP contribution is -2.23. The van der Waals surface area contributed by atoms with Crippen molar-refractivity contribution in [2.45, 2.75) is 19.4 Å². The lowest BCUT2D eigenvalue weighted by molar-refractivity contribution is 0.0907. The second-order valence-corrected chi connectivity index (χ2v) is 6.47. The second kappa shape index (κ2) is 7.57. The van der Waals surface area contributed by atoms with E-state index in [1.54, 1.807) is 12.1 Å². The number of rotatable bonds is 5. The van der Waals surface area contributed by atoms with E-state index in [2.05, 4.69) is 20.4 Å². The molecule has 0 saturated carbocycles. The highest BCUT2D eigenvalue weighted by molar-refractivity contribution is 5.89. The zero-order chi connectivity index (χ0) is 18.6. The van der Waals surface area contributed by atoms with Gasteiger partial charge in [-0.15, -0.1) is 0 Å². The van der Waals surface area contributed by atoms with E-state index in [0.717, 1.165) is 24.2 Å². The third kappa shape index (κ3) is 3.97. The standard InChI is InChI=1S/C20H19FN4O2/c21-16-7-3-14(4-8-16)13-22-19(26)20-23-18(24-27-20)15-5-9-17(10-6-15)25-11-1-2-12-25/h3-10H,1-2,11-13H2,(H,22,26). The van der Waals surface area contributed by atoms with E-state index >= 15 is 0 Å². The molecule has 3 aromatic rings. The SMILES string of the molecule is O=C(NCc1ccc(F)cc1)c1nc(-c2ccc(N3CCCC3)cc2)no1. The molecule has 2 heterocycles. The van der Waals surface area contributed by atoms with Crippen LogP contribution >= 0.6 is 0 Å². The van der Waals surface area contributed by atoms with Gasteiger partial charge in [-0.1, -0.05) is 17.3 Å². The van der Waals surface area contributed by atoms with E-state index in [4.69, 9.17) is 4.52 Å². The van der Waals surface area contributed by atoms with Gasteiger partial charge in [0.25, 0.3) is 0 Å². The Labute approximate surface area is 156 Å². The minimum Gasteiger partial charge on any atom is -0.372 e. The minimum atomic E-state index is -0.466. The molecule has 138 valence electrons. The molecule has 0 unspecified atom stereocenters. The predicted molar refractivity (Wildman–Crippen MR) is 98.8 cm³/mol. The predicted octanol–water partition coefficient (Wildman–Crippen LogP) is 3.41. The van der Waals surface area contributed by atoms with Crippen LogP contribution in [0.3, 0.4) is 0 Å². The molecule has 1 fully saturated rings. The maximum absolute atomic E-state index is 12.9. The van der Waals surface area contributed by atoms with Crippen LogP contribution in [0.15, 0.2) is 53.1 Å². The first kappa shape index (κ1) is 17.2. The molecule has 0 atom stereocenters. The molecule has 2 aromatic carbocycles. The van der Waals surface area contributed by atoms with E-state index in [9.17, 15) is 9.18 Å². The van der Waals surface area contributed by atoms with E-state index in [1.807, 2.05) is 24.3 Å². The summed E-state index contributed by atoms with van der Waals surface area (Å²) < 4.78 is 18.0. The average molecular weight is 366 g/mol. The summed E-state index contributed by atoms with van der Waals surface area (Å²) in [5, 5.41) is 6.57. The van der Waals surface area contributed by atoms with Gasteiger partial charge < -0.3 is 14.7 Å². The average Bonchev–Trinajstić information content (AvgIpc) is 3.40. The summed E-state index contributed by atoms with van der Waals surface area (Å²) in [7, 11) is 0. The first-order valence-corrected chi connectivity index (χ1v) is 8.91. The first-order chi connectivity index (χ1) is 13.2. The summed E-state index contributed by atoms with van der Waals surface area (Å²) in [6.45, 7) is 2.42. The zero-order valence-electron chi connectivity index (χ0n) is 14.7. The van der Waals surface area contributed by atoms with E-state index in [1.165, 1.54) is 30.7 Å². The fraction of sp³-hybridized carbons (Fsp3) is 0.250. The zero-order valence-corrected chi connectivity index (χ0v) is 14.7. The number of hydrogen-bond donors (Lipinski definition) is 1. The topological polar surface area (TPSA) is 71.3 Å². The van der Waals surface area contributed by atoms with Gasteiger partial charge in [0.2, 0.25) is 5.82 Å². The molecule has 0 bridgehead atoms. The lowest BCUT2D eigenvalue weighted by atomic mass is 10.2. The fourth-order valence-corrected chi connectivity index (χ4v) is 3.09. The van der Waals surface area contributed by atoms with Crippen LogP contribution in [0, 0.1) is 5.82 Å². The highest BCUT2D eigenvalue weighted by atomic mass is 19.1. The summed E-state index contributed by atoms with van der Waals surface area (Å²) in [4.78, 5) is 18.7. The monoisotopic (exact) mass is 366 g/mol. The van der Waals surface area contributed by atoms with Gasteiger partial charge in [-0.05, 0) is 54.8 Å². The van der Waals surface area contributed by atoms with Crippen LogP contribution in [0.5, 0.6) is 0 Å². The van der Waals surface area contributed by atoms with E-state index in [0.29, 0.717) is 5.82 Å². The molecular weight excluding hydrogens is 347 g/mol. The van der Waals surface area contributed by atoms with Crippen LogP contribution in [0.4, 0.5) is 10.1 Å². The van der Waals surface area contributed by atoms with Crippen molar-refractivity contribution in [1.29, 1.82) is 0 Å². The van der Waals surface area contributed by atoms with Crippen LogP contribution in [-0.4, -0.2) is 29.1 Å². The van der Waals surface area contributed by atoms with Gasteiger partial charge in [0, 0.05) is 30.9 Å². The highest BCUT2D eigenvalue weighted by Crippen LogP contribution is 2.24. The largest absolute Gasteiger partial charge is 0.372 e. The van der Waals surface area contributed by atoms with Crippen LogP contribution in [0.1, 0.15) is 29.1 Å². The molecule has 1 aliphatic heterocycles. The molecule has 0 radical (unpaired) electrons. The van der Waals surface area contributed by atoms with Crippen LogP contribution in [0.2, 0.25) is 0 Å². The molecule has 0 spiro atoms. The van der Waals surface area contributed by atoms with Gasteiger partial charge in [0.05, 0.1) is 0 Å². The number of benzene rings is 2. The number of carbonyl (C=O) groups is 1. The molecule has 1 aliphatic rings. The number of halogens is 1. The molecule has 1 amide bonds. The van der Waals surface area contributed by atoms with Gasteiger partial charge in [0.15, 0.2) is 0 Å². The molecule has 27 heavy (non-hydrogen) atoms. The number of hydrogen-bond acceptors (Lipinski definition) is 5. The molecule has 0 aliphatic carbocycles. The van der Waals surface area contributed by atoms with Gasteiger partial charge in [-0.2, -0.15) is 4.98 Å². The molecule has 4 rings (SSSR count). The number of aromatic nitrogens is 2. The lowest BCUT2D eigenvalue weighted by Gasteiger charge is -2.17. The smallest absolute Gasteiger partial charge is 0.316 e. The van der Waals surface area contributed by atoms with Gasteiger partial charge in [-0.25, -0.2) is 4.39 Å². The Kier molecular flexibility index (Phi) is 4.82. The van der Waals surface area contributed by atoms with Gasteiger partial charge >= 0.3 is 11.8 Å². The number of nitrogens with one attached hydrogen (secondary N) is 1. The number of nitrogens with zero attached hydrogens (tertiary/aromatic N) is 3. The van der Waals surface area contributed by atoms with Crippen molar-refractivity contribution < 1.29 is 13.7 Å². The number of carbonyl (C=O) groups excluding carboxylic acids is 1. The van der Waals surface area contributed by atoms with E-state index < -0.39 is 5.91 Å². The number of amides is 1. The van der Waals surface area contributed by atoms with Crippen molar-refractivity contribution in [3.05, 3.63) is 65.8 Å². The molecule has 1 aromatic heterocycles. The van der Waals surface area contributed by atoms with Gasteiger partial charge in [-0.3, -0.25) is 4.79 Å². The minimum absolute atomic E-state index is 0.101.